The topological polar surface area (TPSA) is 39.3 Å². The number of benzene rings is 2. The van der Waals surface area contributed by atoms with Crippen molar-refractivity contribution in [2.75, 3.05) is 49.6 Å². The summed E-state index contributed by atoms with van der Waals surface area (Å²) in [4.78, 5) is 25.9. The Kier molecular flexibility index (Phi) is 4.40. The SMILES string of the molecule is C/C=C1/CN2CC[C@@]34CN5c6c(cccc6[C@@]67CCN8CCC[C@@]9(CC[C@]56C9C)C87)[C@@]35[C@@H]2C[C@@H]1[C@@H](C(=O)OC)N5c1ccccc14. The quantitative estimate of drug-likeness (QED) is 0.319. The van der Waals surface area contributed by atoms with Crippen LogP contribution in [0.4, 0.5) is 11.4 Å². The lowest BCUT2D eigenvalue weighted by molar-refractivity contribution is -0.148. The number of piperidine rings is 4. The highest BCUT2D eigenvalue weighted by molar-refractivity contribution is 5.90. The fourth-order valence-electron chi connectivity index (χ4n) is 16.1. The number of hydrogen-bond acceptors (Lipinski definition) is 6. The molecular formula is C40H46N4O2. The van der Waals surface area contributed by atoms with Crippen LogP contribution in [0, 0.1) is 17.3 Å². The van der Waals surface area contributed by atoms with E-state index in [-0.39, 0.29) is 39.8 Å². The number of para-hydroxylation sites is 2. The van der Waals surface area contributed by atoms with Gasteiger partial charge in [0, 0.05) is 58.9 Å². The molecule has 4 spiro atoms. The third kappa shape index (κ3) is 2.17. The average molecular weight is 615 g/mol. The first-order chi connectivity index (χ1) is 22.5. The normalized spacial score (nSPS) is 48.7. The zero-order valence-electron chi connectivity index (χ0n) is 27.6. The molecule has 2 aromatic rings. The Hall–Kier alpha value is -2.83. The predicted molar refractivity (Wildman–Crippen MR) is 178 cm³/mol. The van der Waals surface area contributed by atoms with Gasteiger partial charge in [0.25, 0.3) is 0 Å². The van der Waals surface area contributed by atoms with Crippen LogP contribution in [-0.2, 0) is 25.9 Å². The molecule has 12 rings (SSSR count). The molecule has 2 saturated carbocycles. The first-order valence-electron chi connectivity index (χ1n) is 18.5. The van der Waals surface area contributed by atoms with Crippen molar-refractivity contribution in [1.29, 1.82) is 0 Å². The van der Waals surface area contributed by atoms with Crippen LogP contribution in [0.15, 0.2) is 54.1 Å². The van der Waals surface area contributed by atoms with Crippen LogP contribution in [0.1, 0.15) is 75.5 Å². The lowest BCUT2D eigenvalue weighted by Crippen LogP contribution is -2.81. The van der Waals surface area contributed by atoms with Crippen LogP contribution in [0.25, 0.3) is 0 Å². The van der Waals surface area contributed by atoms with Crippen molar-refractivity contribution >= 4 is 17.3 Å². The van der Waals surface area contributed by atoms with Crippen molar-refractivity contribution in [3.8, 4) is 0 Å². The Morgan fingerprint density at radius 1 is 0.935 bits per heavy atom. The van der Waals surface area contributed by atoms with Gasteiger partial charge in [-0.15, -0.1) is 0 Å². The third-order valence-corrected chi connectivity index (χ3v) is 17.0. The van der Waals surface area contributed by atoms with Crippen LogP contribution in [0.5, 0.6) is 0 Å². The van der Waals surface area contributed by atoms with E-state index in [0.29, 0.717) is 23.4 Å². The number of esters is 1. The minimum atomic E-state index is -0.311. The van der Waals surface area contributed by atoms with E-state index in [1.807, 2.05) is 0 Å². The third-order valence-electron chi connectivity index (χ3n) is 17.0. The van der Waals surface area contributed by atoms with Crippen molar-refractivity contribution in [3.63, 3.8) is 0 Å². The van der Waals surface area contributed by atoms with Gasteiger partial charge in [-0.1, -0.05) is 55.0 Å². The molecule has 2 unspecified atom stereocenters. The van der Waals surface area contributed by atoms with Crippen molar-refractivity contribution in [1.82, 2.24) is 9.80 Å². The van der Waals surface area contributed by atoms with Gasteiger partial charge in [-0.25, -0.2) is 4.79 Å². The molecule has 6 heteroatoms. The first kappa shape index (κ1) is 26.2. The van der Waals surface area contributed by atoms with Gasteiger partial charge in [-0.3, -0.25) is 9.80 Å². The van der Waals surface area contributed by atoms with E-state index in [1.54, 1.807) is 18.4 Å². The van der Waals surface area contributed by atoms with Crippen LogP contribution in [0.3, 0.4) is 0 Å². The van der Waals surface area contributed by atoms with E-state index in [0.717, 1.165) is 32.5 Å². The molecule has 2 aromatic carbocycles. The van der Waals surface area contributed by atoms with E-state index >= 15 is 0 Å². The summed E-state index contributed by atoms with van der Waals surface area (Å²) in [6.07, 6.45) is 11.3. The van der Waals surface area contributed by atoms with E-state index in [9.17, 15) is 4.79 Å². The zero-order chi connectivity index (χ0) is 30.6. The number of nitrogens with zero attached hydrogens (tertiary/aromatic N) is 4. The molecule has 46 heavy (non-hydrogen) atoms. The predicted octanol–water partition coefficient (Wildman–Crippen LogP) is 5.34. The highest BCUT2D eigenvalue weighted by atomic mass is 16.5. The highest BCUT2D eigenvalue weighted by Crippen LogP contribution is 2.83. The Bertz CT molecular complexity index is 1820. The molecule has 0 aromatic heterocycles. The lowest BCUT2D eigenvalue weighted by atomic mass is 9.50. The molecule has 8 heterocycles. The van der Waals surface area contributed by atoms with Crippen molar-refractivity contribution in [2.45, 2.75) is 98.8 Å². The van der Waals surface area contributed by atoms with Crippen molar-refractivity contribution in [3.05, 3.63) is 70.8 Å². The minimum absolute atomic E-state index is 0.0614. The maximum Gasteiger partial charge on any atom is 0.329 e. The number of ether oxygens (including phenoxy) is 1. The summed E-state index contributed by atoms with van der Waals surface area (Å²) < 4.78 is 5.77. The number of fused-ring (bicyclic) bond motifs is 3. The maximum absolute atomic E-state index is 14.3. The highest BCUT2D eigenvalue weighted by Gasteiger charge is 2.87. The van der Waals surface area contributed by atoms with Crippen LogP contribution in [-0.4, -0.2) is 79.3 Å². The molecule has 238 valence electrons. The molecule has 0 N–H and O–H groups in total. The van der Waals surface area contributed by atoms with E-state index in [2.05, 4.69) is 82.0 Å². The molecule has 6 nitrogen and oxygen atoms in total. The summed E-state index contributed by atoms with van der Waals surface area (Å²) in [5.74, 6) is 0.810. The molecule has 0 amide bonds. The number of anilines is 2. The summed E-state index contributed by atoms with van der Waals surface area (Å²) in [6, 6.07) is 17.6. The largest absolute Gasteiger partial charge is 0.467 e. The molecule has 7 fully saturated rings. The molecular weight excluding hydrogens is 568 g/mol. The van der Waals surface area contributed by atoms with Crippen LogP contribution >= 0.6 is 0 Å². The van der Waals surface area contributed by atoms with Crippen LogP contribution < -0.4 is 9.80 Å². The molecule has 8 aliphatic heterocycles. The van der Waals surface area contributed by atoms with Crippen molar-refractivity contribution < 1.29 is 9.53 Å². The second-order valence-electron chi connectivity index (χ2n) is 17.1. The average Bonchev–Trinajstić information content (AvgIpc) is 3.82. The number of methoxy groups -OCH3 is 1. The van der Waals surface area contributed by atoms with Crippen LogP contribution in [0.2, 0.25) is 0 Å². The van der Waals surface area contributed by atoms with E-state index in [1.165, 1.54) is 67.6 Å². The molecule has 2 aliphatic carbocycles. The van der Waals surface area contributed by atoms with Gasteiger partial charge in [0.1, 0.15) is 6.04 Å². The zero-order valence-corrected chi connectivity index (χ0v) is 27.6. The van der Waals surface area contributed by atoms with Gasteiger partial charge >= 0.3 is 5.97 Å². The number of hydrogen-bond donors (Lipinski definition) is 0. The second kappa shape index (κ2) is 7.73. The molecule has 5 saturated heterocycles. The number of carbonyl (C=O) groups excluding carboxylic acids is 1. The number of carbonyl (C=O) groups is 1. The second-order valence-corrected chi connectivity index (χ2v) is 17.1. The Balaban J connectivity index is 1.20. The number of allylic oxidation sites excluding steroid dienone is 1. The Labute approximate surface area is 272 Å². The fourth-order valence-corrected chi connectivity index (χ4v) is 16.1. The van der Waals surface area contributed by atoms with E-state index in [4.69, 9.17) is 4.74 Å². The van der Waals surface area contributed by atoms with Gasteiger partial charge in [-0.2, -0.15) is 0 Å². The first-order valence-corrected chi connectivity index (χ1v) is 18.5. The monoisotopic (exact) mass is 614 g/mol. The maximum atomic E-state index is 14.3. The van der Waals surface area contributed by atoms with Gasteiger partial charge in [0.2, 0.25) is 0 Å². The van der Waals surface area contributed by atoms with E-state index < -0.39 is 0 Å². The smallest absolute Gasteiger partial charge is 0.329 e. The number of rotatable bonds is 1. The van der Waals surface area contributed by atoms with Gasteiger partial charge in [-0.05, 0) is 100 Å². The fraction of sp³-hybridized carbons (Fsp3) is 0.625. The summed E-state index contributed by atoms with van der Waals surface area (Å²) in [5.41, 5.74) is 9.51. The summed E-state index contributed by atoms with van der Waals surface area (Å²) in [5, 5.41) is 0. The molecule has 4 bridgehead atoms. The molecule has 10 atom stereocenters. The molecule has 10 aliphatic rings. The van der Waals surface area contributed by atoms with Gasteiger partial charge in [0.05, 0.1) is 18.2 Å². The van der Waals surface area contributed by atoms with Gasteiger partial charge < -0.3 is 14.5 Å². The minimum Gasteiger partial charge on any atom is -0.467 e. The summed E-state index contributed by atoms with van der Waals surface area (Å²) >= 11 is 0. The Morgan fingerprint density at radius 2 is 1.76 bits per heavy atom. The summed E-state index contributed by atoms with van der Waals surface area (Å²) in [7, 11) is 1.61. The molecule has 0 radical (unpaired) electrons. The van der Waals surface area contributed by atoms with Crippen molar-refractivity contribution in [2.24, 2.45) is 17.3 Å². The van der Waals surface area contributed by atoms with Gasteiger partial charge in [0.15, 0.2) is 0 Å². The standard InChI is InChI=1S/C40H46N4O2/c1-4-25-22-42-19-16-37-23-43-33-28(38-17-20-41-18-8-13-36(35(38)41)14-15-39(38,43)24(36)2)10-7-11-29(33)40(37)31(42)21-26(25)32(34(45)46-3)44(40)30-12-6-5-9-27(30)37/h4-7,9-12,24,26,31-32,35H,8,13-23H2,1-3H3/b25-4-/t24?,26-,31-,32-,35?,36-,37-,38+,39+,40+/m0/s1. The Morgan fingerprint density at radius 3 is 2.63 bits per heavy atom. The lowest BCUT2D eigenvalue weighted by Gasteiger charge is -2.71. The summed E-state index contributed by atoms with van der Waals surface area (Å²) in [6.45, 7) is 10.6.